The molecule has 1 aromatic carbocycles. The van der Waals surface area contributed by atoms with Crippen molar-refractivity contribution in [1.29, 1.82) is 0 Å². The second kappa shape index (κ2) is 11.5. The van der Waals surface area contributed by atoms with Crippen LogP contribution < -0.4 is 10.6 Å². The normalized spacial score (nSPS) is 17.7. The molecule has 2 N–H and O–H groups in total. The van der Waals surface area contributed by atoms with Crippen molar-refractivity contribution in [3.05, 3.63) is 35.4 Å². The number of amides is 1. The Morgan fingerprint density at radius 2 is 1.81 bits per heavy atom. The molecule has 150 valence electrons. The first-order valence-electron chi connectivity index (χ1n) is 9.77. The minimum absolute atomic E-state index is 0. The van der Waals surface area contributed by atoms with Gasteiger partial charge in [-0.15, -0.1) is 24.0 Å². The van der Waals surface area contributed by atoms with E-state index in [2.05, 4.69) is 38.7 Å². The number of likely N-dealkylation sites (tertiary alicyclic amines) is 1. The molecule has 7 heteroatoms. The Morgan fingerprint density at radius 1 is 1.07 bits per heavy atom. The summed E-state index contributed by atoms with van der Waals surface area (Å²) in [5.41, 5.74) is 2.62. The summed E-state index contributed by atoms with van der Waals surface area (Å²) in [5, 5.41) is 6.47. The fourth-order valence-electron chi connectivity index (χ4n) is 3.72. The van der Waals surface area contributed by atoms with Crippen LogP contribution in [0.15, 0.2) is 29.3 Å². The molecule has 1 aromatic rings. The van der Waals surface area contributed by atoms with Crippen molar-refractivity contribution >= 4 is 35.8 Å². The lowest BCUT2D eigenvalue weighted by Crippen LogP contribution is -2.47. The molecule has 2 heterocycles. The Hall–Kier alpha value is -1.35. The number of piperidine rings is 1. The van der Waals surface area contributed by atoms with Crippen LogP contribution in [0.1, 0.15) is 30.4 Å². The van der Waals surface area contributed by atoms with Crippen molar-refractivity contribution in [2.75, 3.05) is 46.3 Å². The summed E-state index contributed by atoms with van der Waals surface area (Å²) in [5.74, 6) is 0.825. The molecule has 0 saturated carbocycles. The van der Waals surface area contributed by atoms with Crippen molar-refractivity contribution in [3.63, 3.8) is 0 Å². The number of nitrogens with zero attached hydrogens (tertiary/aromatic N) is 3. The summed E-state index contributed by atoms with van der Waals surface area (Å²) >= 11 is 0. The monoisotopic (exact) mass is 485 g/mol. The Kier molecular flexibility index (Phi) is 9.33. The van der Waals surface area contributed by atoms with Crippen LogP contribution in [-0.4, -0.2) is 68.0 Å². The van der Waals surface area contributed by atoms with Gasteiger partial charge in [-0.2, -0.15) is 0 Å². The molecule has 1 amide bonds. The lowest BCUT2D eigenvalue weighted by atomic mass is 10.00. The van der Waals surface area contributed by atoms with Gasteiger partial charge in [-0.3, -0.25) is 9.79 Å². The first kappa shape index (κ1) is 21.9. The number of carbonyl (C=O) groups excluding carboxylic acids is 1. The van der Waals surface area contributed by atoms with Gasteiger partial charge in [0.2, 0.25) is 5.91 Å². The topological polar surface area (TPSA) is 60.0 Å². The second-order valence-corrected chi connectivity index (χ2v) is 7.09. The van der Waals surface area contributed by atoms with Crippen molar-refractivity contribution in [1.82, 2.24) is 20.4 Å². The smallest absolute Gasteiger partial charge is 0.242 e. The molecule has 6 nitrogen and oxygen atoms in total. The van der Waals surface area contributed by atoms with Gasteiger partial charge in [0, 0.05) is 33.2 Å². The lowest BCUT2D eigenvalue weighted by Gasteiger charge is -2.29. The predicted octanol–water partition coefficient (Wildman–Crippen LogP) is 1.84. The number of guanidine groups is 1. The molecule has 0 aliphatic carbocycles. The van der Waals surface area contributed by atoms with Crippen LogP contribution in [0.4, 0.5) is 0 Å². The highest BCUT2D eigenvalue weighted by Gasteiger charge is 2.20. The molecule has 1 fully saturated rings. The number of aliphatic imine (C=N–C) groups is 1. The molecule has 0 unspecified atom stereocenters. The molecule has 0 atom stereocenters. The summed E-state index contributed by atoms with van der Waals surface area (Å²) in [7, 11) is 1.75. The molecule has 2 aliphatic rings. The highest BCUT2D eigenvalue weighted by atomic mass is 127. The predicted molar refractivity (Wildman–Crippen MR) is 121 cm³/mol. The van der Waals surface area contributed by atoms with E-state index in [1.54, 1.807) is 7.05 Å². The van der Waals surface area contributed by atoms with E-state index in [4.69, 9.17) is 0 Å². The molecule has 1 saturated heterocycles. The summed E-state index contributed by atoms with van der Waals surface area (Å²) < 4.78 is 0. The molecule has 0 spiro atoms. The third kappa shape index (κ3) is 6.64. The molecule has 0 bridgehead atoms. The molecule has 3 rings (SSSR count). The van der Waals surface area contributed by atoms with E-state index in [0.29, 0.717) is 12.5 Å². The highest BCUT2D eigenvalue weighted by molar-refractivity contribution is 14.0. The minimum Gasteiger partial charge on any atom is -0.355 e. The first-order chi connectivity index (χ1) is 12.8. The van der Waals surface area contributed by atoms with Gasteiger partial charge in [-0.25, -0.2) is 0 Å². The number of nitrogens with one attached hydrogen (secondary N) is 2. The molecular weight excluding hydrogens is 453 g/mol. The summed E-state index contributed by atoms with van der Waals surface area (Å²) in [4.78, 5) is 21.2. The SMILES string of the molecule is CN=C(NCCN1CCCCC1)NCC(=O)N1CCc2ccccc2C1.I. The third-order valence-corrected chi connectivity index (χ3v) is 5.28. The Balaban J connectivity index is 0.00000261. The van der Waals surface area contributed by atoms with Crippen molar-refractivity contribution < 1.29 is 4.79 Å². The van der Waals surface area contributed by atoms with Crippen LogP contribution >= 0.6 is 24.0 Å². The first-order valence-corrected chi connectivity index (χ1v) is 9.77. The quantitative estimate of drug-likeness (QED) is 0.380. The van der Waals surface area contributed by atoms with E-state index in [-0.39, 0.29) is 36.4 Å². The lowest BCUT2D eigenvalue weighted by molar-refractivity contribution is -0.130. The average Bonchev–Trinajstić information content (AvgIpc) is 2.70. The van der Waals surface area contributed by atoms with E-state index < -0.39 is 0 Å². The van der Waals surface area contributed by atoms with E-state index in [9.17, 15) is 4.79 Å². The number of rotatable bonds is 5. The number of fused-ring (bicyclic) bond motifs is 1. The molecule has 27 heavy (non-hydrogen) atoms. The van der Waals surface area contributed by atoms with Gasteiger partial charge in [0.25, 0.3) is 0 Å². The Morgan fingerprint density at radius 3 is 2.56 bits per heavy atom. The average molecular weight is 485 g/mol. The van der Waals surface area contributed by atoms with Crippen LogP contribution in [0.5, 0.6) is 0 Å². The van der Waals surface area contributed by atoms with Crippen LogP contribution in [0.3, 0.4) is 0 Å². The fourth-order valence-corrected chi connectivity index (χ4v) is 3.72. The van der Waals surface area contributed by atoms with Gasteiger partial charge in [0.05, 0.1) is 6.54 Å². The maximum Gasteiger partial charge on any atom is 0.242 e. The molecule has 0 aromatic heterocycles. The van der Waals surface area contributed by atoms with Gasteiger partial charge in [0.1, 0.15) is 0 Å². The molecule has 2 aliphatic heterocycles. The second-order valence-electron chi connectivity index (χ2n) is 7.09. The van der Waals surface area contributed by atoms with Crippen molar-refractivity contribution in [2.24, 2.45) is 4.99 Å². The standard InChI is InChI=1S/C20H31N5O.HI/c1-21-20(22-10-14-24-11-5-2-6-12-24)23-15-19(26)25-13-9-17-7-3-4-8-18(17)16-25;/h3-4,7-8H,2,5-6,9-16H2,1H3,(H2,21,22,23);1H. The third-order valence-electron chi connectivity index (χ3n) is 5.28. The minimum atomic E-state index is 0. The van der Waals surface area contributed by atoms with Crippen LogP contribution in [0.25, 0.3) is 0 Å². The largest absolute Gasteiger partial charge is 0.355 e. The van der Waals surface area contributed by atoms with Gasteiger partial charge < -0.3 is 20.4 Å². The zero-order chi connectivity index (χ0) is 18.2. The van der Waals surface area contributed by atoms with Gasteiger partial charge in [-0.1, -0.05) is 30.7 Å². The van der Waals surface area contributed by atoms with Gasteiger partial charge in [-0.05, 0) is 43.5 Å². The van der Waals surface area contributed by atoms with E-state index >= 15 is 0 Å². The summed E-state index contributed by atoms with van der Waals surface area (Å²) in [6.07, 6.45) is 4.90. The van der Waals surface area contributed by atoms with Crippen LogP contribution in [0, 0.1) is 0 Å². The highest BCUT2D eigenvalue weighted by Crippen LogP contribution is 2.18. The summed E-state index contributed by atoms with van der Waals surface area (Å²) in [6, 6.07) is 8.38. The van der Waals surface area contributed by atoms with Crippen LogP contribution in [0.2, 0.25) is 0 Å². The number of carbonyl (C=O) groups is 1. The number of hydrogen-bond acceptors (Lipinski definition) is 3. The fraction of sp³-hybridized carbons (Fsp3) is 0.600. The summed E-state index contributed by atoms with van der Waals surface area (Å²) in [6.45, 7) is 6.05. The number of halogens is 1. The Labute approximate surface area is 179 Å². The van der Waals surface area contributed by atoms with Crippen molar-refractivity contribution in [3.8, 4) is 0 Å². The van der Waals surface area contributed by atoms with Gasteiger partial charge >= 0.3 is 0 Å². The van der Waals surface area contributed by atoms with Crippen molar-refractivity contribution in [2.45, 2.75) is 32.2 Å². The number of hydrogen-bond donors (Lipinski definition) is 2. The maximum absolute atomic E-state index is 12.5. The van der Waals surface area contributed by atoms with E-state index in [1.807, 2.05) is 11.0 Å². The van der Waals surface area contributed by atoms with E-state index in [0.717, 1.165) is 26.1 Å². The maximum atomic E-state index is 12.5. The Bertz CT molecular complexity index is 631. The number of benzene rings is 1. The molecular formula is C20H32IN5O. The molecule has 0 radical (unpaired) electrons. The zero-order valence-electron chi connectivity index (χ0n) is 16.2. The zero-order valence-corrected chi connectivity index (χ0v) is 18.6. The van der Waals surface area contributed by atoms with Gasteiger partial charge in [0.15, 0.2) is 5.96 Å². The van der Waals surface area contributed by atoms with E-state index in [1.165, 1.54) is 43.5 Å². The van der Waals surface area contributed by atoms with Crippen LogP contribution in [-0.2, 0) is 17.8 Å².